The van der Waals surface area contributed by atoms with Crippen LogP contribution in [0.4, 0.5) is 5.69 Å². The van der Waals surface area contributed by atoms with E-state index in [1.807, 2.05) is 45.0 Å². The lowest BCUT2D eigenvalue weighted by molar-refractivity contribution is -0.122. The van der Waals surface area contributed by atoms with Crippen LogP contribution in [0.1, 0.15) is 38.7 Å². The van der Waals surface area contributed by atoms with E-state index in [0.717, 1.165) is 11.3 Å². The van der Waals surface area contributed by atoms with Gasteiger partial charge in [-0.15, -0.1) is 0 Å². The zero-order chi connectivity index (χ0) is 14.4. The maximum Gasteiger partial charge on any atom is 0.220 e. The molecule has 4 N–H and O–H groups in total. The molecule has 19 heavy (non-hydrogen) atoms. The standard InChI is InChI=1S/C15H24N2O2/c1-10(2)14(9-18)17-15(19)8-11(3)12-4-6-13(16)7-5-12/h4-7,10-11,14,18H,8-9,16H2,1-3H3,(H,17,19). The molecule has 0 aromatic heterocycles. The minimum absolute atomic E-state index is 0.0281. The second-order valence-electron chi connectivity index (χ2n) is 5.37. The molecule has 1 aromatic rings. The van der Waals surface area contributed by atoms with Gasteiger partial charge < -0.3 is 16.2 Å². The first-order valence-corrected chi connectivity index (χ1v) is 6.69. The van der Waals surface area contributed by atoms with Crippen LogP contribution in [0.25, 0.3) is 0 Å². The monoisotopic (exact) mass is 264 g/mol. The van der Waals surface area contributed by atoms with E-state index in [9.17, 15) is 9.90 Å². The minimum Gasteiger partial charge on any atom is -0.399 e. The van der Waals surface area contributed by atoms with E-state index in [4.69, 9.17) is 5.73 Å². The van der Waals surface area contributed by atoms with Crippen molar-refractivity contribution >= 4 is 11.6 Å². The Morgan fingerprint density at radius 2 is 1.84 bits per heavy atom. The van der Waals surface area contributed by atoms with Gasteiger partial charge in [-0.2, -0.15) is 0 Å². The fourth-order valence-electron chi connectivity index (χ4n) is 1.91. The lowest BCUT2D eigenvalue weighted by atomic mass is 9.96. The van der Waals surface area contributed by atoms with Gasteiger partial charge in [0.05, 0.1) is 12.6 Å². The molecule has 4 heteroatoms. The third-order valence-corrected chi connectivity index (χ3v) is 3.34. The molecule has 2 unspecified atom stereocenters. The molecule has 0 heterocycles. The average molecular weight is 264 g/mol. The van der Waals surface area contributed by atoms with Gasteiger partial charge in [0.15, 0.2) is 0 Å². The first kappa shape index (κ1) is 15.5. The van der Waals surface area contributed by atoms with E-state index in [1.54, 1.807) is 0 Å². The van der Waals surface area contributed by atoms with Gasteiger partial charge >= 0.3 is 0 Å². The van der Waals surface area contributed by atoms with Crippen molar-refractivity contribution in [1.82, 2.24) is 5.32 Å². The van der Waals surface area contributed by atoms with Gasteiger partial charge in [-0.3, -0.25) is 4.79 Å². The third-order valence-electron chi connectivity index (χ3n) is 3.34. The van der Waals surface area contributed by atoms with Gasteiger partial charge in [0, 0.05) is 12.1 Å². The number of anilines is 1. The summed E-state index contributed by atoms with van der Waals surface area (Å²) < 4.78 is 0. The molecule has 0 saturated carbocycles. The van der Waals surface area contributed by atoms with Gasteiger partial charge in [0.1, 0.15) is 0 Å². The van der Waals surface area contributed by atoms with Crippen molar-refractivity contribution in [2.75, 3.05) is 12.3 Å². The number of amides is 1. The summed E-state index contributed by atoms with van der Waals surface area (Å²) in [5, 5.41) is 12.1. The topological polar surface area (TPSA) is 75.3 Å². The number of carbonyl (C=O) groups is 1. The first-order chi connectivity index (χ1) is 8.93. The predicted molar refractivity (Wildman–Crippen MR) is 77.7 cm³/mol. The van der Waals surface area contributed by atoms with Crippen molar-refractivity contribution in [2.24, 2.45) is 5.92 Å². The summed E-state index contributed by atoms with van der Waals surface area (Å²) in [6.07, 6.45) is 0.410. The summed E-state index contributed by atoms with van der Waals surface area (Å²) in [6, 6.07) is 7.40. The molecule has 0 aliphatic rings. The summed E-state index contributed by atoms with van der Waals surface area (Å²) in [7, 11) is 0. The highest BCUT2D eigenvalue weighted by Crippen LogP contribution is 2.20. The number of benzene rings is 1. The zero-order valence-electron chi connectivity index (χ0n) is 11.9. The molecule has 0 spiro atoms. The maximum absolute atomic E-state index is 11.9. The van der Waals surface area contributed by atoms with Gasteiger partial charge in [-0.25, -0.2) is 0 Å². The smallest absolute Gasteiger partial charge is 0.220 e. The highest BCUT2D eigenvalue weighted by molar-refractivity contribution is 5.77. The molecule has 2 atom stereocenters. The summed E-state index contributed by atoms with van der Waals surface area (Å²) in [6.45, 7) is 5.93. The normalized spacial score (nSPS) is 14.2. The molecule has 0 radical (unpaired) electrons. The highest BCUT2D eigenvalue weighted by atomic mass is 16.3. The fraction of sp³-hybridized carbons (Fsp3) is 0.533. The highest BCUT2D eigenvalue weighted by Gasteiger charge is 2.17. The molecule has 1 rings (SSSR count). The zero-order valence-corrected chi connectivity index (χ0v) is 11.9. The number of hydrogen-bond acceptors (Lipinski definition) is 3. The van der Waals surface area contributed by atoms with Crippen LogP contribution < -0.4 is 11.1 Å². The molecular weight excluding hydrogens is 240 g/mol. The van der Waals surface area contributed by atoms with E-state index < -0.39 is 0 Å². The SMILES string of the molecule is CC(CC(=O)NC(CO)C(C)C)c1ccc(N)cc1. The van der Waals surface area contributed by atoms with Crippen molar-refractivity contribution in [3.63, 3.8) is 0 Å². The van der Waals surface area contributed by atoms with Crippen LogP contribution in [0.3, 0.4) is 0 Å². The van der Waals surface area contributed by atoms with Gasteiger partial charge in [0.25, 0.3) is 0 Å². The Balaban J connectivity index is 2.54. The van der Waals surface area contributed by atoms with Crippen molar-refractivity contribution in [3.8, 4) is 0 Å². The van der Waals surface area contributed by atoms with Crippen LogP contribution in [0.2, 0.25) is 0 Å². The minimum atomic E-state index is -0.175. The molecule has 4 nitrogen and oxygen atoms in total. The van der Waals surface area contributed by atoms with Crippen molar-refractivity contribution in [1.29, 1.82) is 0 Å². The maximum atomic E-state index is 11.9. The number of rotatable bonds is 6. The third kappa shape index (κ3) is 4.91. The lowest BCUT2D eigenvalue weighted by Gasteiger charge is -2.21. The second kappa shape index (κ2) is 7.14. The van der Waals surface area contributed by atoms with Crippen LogP contribution in [-0.2, 0) is 4.79 Å². The molecule has 1 amide bonds. The number of nitrogen functional groups attached to an aromatic ring is 1. The molecule has 0 fully saturated rings. The Kier molecular flexibility index (Phi) is 5.83. The number of nitrogens with two attached hydrogens (primary N) is 1. The van der Waals surface area contributed by atoms with Gasteiger partial charge in [-0.05, 0) is 29.5 Å². The number of aliphatic hydroxyl groups is 1. The second-order valence-corrected chi connectivity index (χ2v) is 5.37. The Morgan fingerprint density at radius 3 is 2.32 bits per heavy atom. The van der Waals surface area contributed by atoms with Gasteiger partial charge in [0.2, 0.25) is 5.91 Å². The first-order valence-electron chi connectivity index (χ1n) is 6.69. The Labute approximate surface area is 115 Å². The van der Waals surface area contributed by atoms with Crippen molar-refractivity contribution in [3.05, 3.63) is 29.8 Å². The largest absolute Gasteiger partial charge is 0.399 e. The van der Waals surface area contributed by atoms with E-state index in [-0.39, 0.29) is 30.4 Å². The van der Waals surface area contributed by atoms with E-state index in [2.05, 4.69) is 5.32 Å². The van der Waals surface area contributed by atoms with Crippen LogP contribution in [0, 0.1) is 5.92 Å². The molecule has 0 saturated heterocycles. The summed E-state index contributed by atoms with van der Waals surface area (Å²) in [5.74, 6) is 0.324. The van der Waals surface area contributed by atoms with E-state index >= 15 is 0 Å². The number of hydrogen-bond donors (Lipinski definition) is 3. The van der Waals surface area contributed by atoms with Gasteiger partial charge in [-0.1, -0.05) is 32.9 Å². The Bertz CT molecular complexity index is 401. The van der Waals surface area contributed by atoms with Crippen LogP contribution in [0.5, 0.6) is 0 Å². The van der Waals surface area contributed by atoms with Crippen LogP contribution >= 0.6 is 0 Å². The Morgan fingerprint density at radius 1 is 1.26 bits per heavy atom. The summed E-state index contributed by atoms with van der Waals surface area (Å²) >= 11 is 0. The van der Waals surface area contributed by atoms with E-state index in [0.29, 0.717) is 6.42 Å². The number of nitrogens with one attached hydrogen (secondary N) is 1. The van der Waals surface area contributed by atoms with E-state index in [1.165, 1.54) is 0 Å². The van der Waals surface area contributed by atoms with Crippen LogP contribution in [0.15, 0.2) is 24.3 Å². The summed E-state index contributed by atoms with van der Waals surface area (Å²) in [4.78, 5) is 11.9. The molecule has 1 aromatic carbocycles. The fourth-order valence-corrected chi connectivity index (χ4v) is 1.91. The van der Waals surface area contributed by atoms with Crippen molar-refractivity contribution in [2.45, 2.75) is 39.2 Å². The molecular formula is C15H24N2O2. The van der Waals surface area contributed by atoms with Crippen molar-refractivity contribution < 1.29 is 9.90 Å². The summed E-state index contributed by atoms with van der Waals surface area (Å²) in [5.41, 5.74) is 7.45. The average Bonchev–Trinajstić information content (AvgIpc) is 2.36. The lowest BCUT2D eigenvalue weighted by Crippen LogP contribution is -2.41. The molecule has 106 valence electrons. The molecule has 0 aliphatic carbocycles. The molecule has 0 bridgehead atoms. The van der Waals surface area contributed by atoms with Crippen LogP contribution in [-0.4, -0.2) is 23.7 Å². The number of carbonyl (C=O) groups excluding carboxylic acids is 1. The quantitative estimate of drug-likeness (QED) is 0.687. The Hall–Kier alpha value is -1.55. The number of aliphatic hydroxyl groups excluding tert-OH is 1. The predicted octanol–water partition coefficient (Wildman–Crippen LogP) is 1.90. The molecule has 0 aliphatic heterocycles.